The predicted molar refractivity (Wildman–Crippen MR) is 109 cm³/mol. The molecule has 0 aliphatic rings. The second-order valence-corrected chi connectivity index (χ2v) is 8.14. The van der Waals surface area contributed by atoms with E-state index in [2.05, 4.69) is 5.32 Å². The minimum atomic E-state index is -3.69. The Kier molecular flexibility index (Phi) is 7.28. The van der Waals surface area contributed by atoms with Crippen molar-refractivity contribution in [1.82, 2.24) is 5.32 Å². The highest BCUT2D eigenvalue weighted by molar-refractivity contribution is 7.92. The molecule has 152 valence electrons. The van der Waals surface area contributed by atoms with Crippen LogP contribution in [-0.2, 0) is 14.8 Å². The van der Waals surface area contributed by atoms with Crippen LogP contribution in [0.1, 0.15) is 25.5 Å². The van der Waals surface area contributed by atoms with E-state index in [4.69, 9.17) is 9.47 Å². The highest BCUT2D eigenvalue weighted by Crippen LogP contribution is 2.29. The van der Waals surface area contributed by atoms with Gasteiger partial charge in [-0.15, -0.1) is 0 Å². The van der Waals surface area contributed by atoms with Gasteiger partial charge in [-0.1, -0.05) is 24.3 Å². The molecule has 0 heterocycles. The second kappa shape index (κ2) is 9.45. The number of hydrogen-bond donors (Lipinski definition) is 1. The number of nitrogens with one attached hydrogen (secondary N) is 1. The molecule has 2 rings (SSSR count). The Hall–Kier alpha value is -2.74. The second-order valence-electron chi connectivity index (χ2n) is 6.23. The molecule has 1 amide bonds. The molecule has 0 fully saturated rings. The number of carbonyl (C=O) groups is 1. The average molecular weight is 407 g/mol. The van der Waals surface area contributed by atoms with Gasteiger partial charge in [0.1, 0.15) is 18.0 Å². The lowest BCUT2D eigenvalue weighted by Crippen LogP contribution is -2.41. The monoisotopic (exact) mass is 406 g/mol. The van der Waals surface area contributed by atoms with Gasteiger partial charge in [-0.05, 0) is 43.7 Å². The standard InChI is InChI=1S/C20H26N2O5S/c1-5-27-19-9-7-6-8-18(19)22(28(4,24)25)14-20(23)21-15(2)16-10-12-17(26-3)13-11-16/h6-13,15H,5,14H2,1-4H3,(H,21,23). The predicted octanol–water partition coefficient (Wildman–Crippen LogP) is 2.74. The van der Waals surface area contributed by atoms with Crippen LogP contribution < -0.4 is 19.1 Å². The quantitative estimate of drug-likeness (QED) is 0.692. The maximum atomic E-state index is 12.6. The first-order chi connectivity index (χ1) is 13.3. The number of para-hydroxylation sites is 2. The Balaban J connectivity index is 2.17. The zero-order valence-corrected chi connectivity index (χ0v) is 17.3. The van der Waals surface area contributed by atoms with Crippen LogP contribution >= 0.6 is 0 Å². The Morgan fingerprint density at radius 2 is 1.79 bits per heavy atom. The fourth-order valence-corrected chi connectivity index (χ4v) is 3.58. The summed E-state index contributed by atoms with van der Waals surface area (Å²) in [6.45, 7) is 3.68. The number of hydrogen-bond acceptors (Lipinski definition) is 5. The number of nitrogens with zero attached hydrogens (tertiary/aromatic N) is 1. The third kappa shape index (κ3) is 5.63. The molecule has 0 saturated heterocycles. The molecule has 0 aromatic heterocycles. The van der Waals surface area contributed by atoms with Crippen LogP contribution in [0.4, 0.5) is 5.69 Å². The summed E-state index contributed by atoms with van der Waals surface area (Å²) in [4.78, 5) is 12.6. The number of anilines is 1. The number of ether oxygens (including phenoxy) is 2. The molecular weight excluding hydrogens is 380 g/mol. The van der Waals surface area contributed by atoms with Crippen molar-refractivity contribution in [3.8, 4) is 11.5 Å². The highest BCUT2D eigenvalue weighted by Gasteiger charge is 2.24. The van der Waals surface area contributed by atoms with E-state index in [-0.39, 0.29) is 12.6 Å². The lowest BCUT2D eigenvalue weighted by Gasteiger charge is -2.25. The summed E-state index contributed by atoms with van der Waals surface area (Å²) in [6.07, 6.45) is 1.07. The lowest BCUT2D eigenvalue weighted by atomic mass is 10.1. The lowest BCUT2D eigenvalue weighted by molar-refractivity contribution is -0.120. The first kappa shape index (κ1) is 21.6. The topological polar surface area (TPSA) is 84.9 Å². The van der Waals surface area contributed by atoms with Crippen molar-refractivity contribution in [3.63, 3.8) is 0 Å². The molecule has 0 aliphatic carbocycles. The first-order valence-corrected chi connectivity index (χ1v) is 10.7. The van der Waals surface area contributed by atoms with Crippen molar-refractivity contribution in [3.05, 3.63) is 54.1 Å². The van der Waals surface area contributed by atoms with E-state index < -0.39 is 15.9 Å². The van der Waals surface area contributed by atoms with E-state index in [1.165, 1.54) is 0 Å². The van der Waals surface area contributed by atoms with Gasteiger partial charge in [-0.25, -0.2) is 8.42 Å². The normalized spacial score (nSPS) is 12.1. The maximum Gasteiger partial charge on any atom is 0.241 e. The number of methoxy groups -OCH3 is 1. The number of benzene rings is 2. The summed E-state index contributed by atoms with van der Waals surface area (Å²) in [5.41, 5.74) is 1.22. The Morgan fingerprint density at radius 3 is 2.36 bits per heavy atom. The van der Waals surface area contributed by atoms with Crippen LogP contribution in [0.15, 0.2) is 48.5 Å². The van der Waals surface area contributed by atoms with E-state index in [0.29, 0.717) is 18.0 Å². The third-order valence-electron chi connectivity index (χ3n) is 4.11. The zero-order chi connectivity index (χ0) is 20.7. The molecule has 2 aromatic rings. The van der Waals surface area contributed by atoms with Gasteiger partial charge in [0.25, 0.3) is 0 Å². The van der Waals surface area contributed by atoms with E-state index >= 15 is 0 Å². The Bertz CT molecular complexity index is 897. The van der Waals surface area contributed by atoms with Crippen molar-refractivity contribution < 1.29 is 22.7 Å². The summed E-state index contributed by atoms with van der Waals surface area (Å²) in [5, 5.41) is 2.83. The van der Waals surface area contributed by atoms with E-state index in [1.54, 1.807) is 43.5 Å². The van der Waals surface area contributed by atoms with Gasteiger partial charge in [-0.3, -0.25) is 9.10 Å². The summed E-state index contributed by atoms with van der Waals surface area (Å²) in [5.74, 6) is 0.713. The summed E-state index contributed by atoms with van der Waals surface area (Å²) < 4.78 is 36.3. The van der Waals surface area contributed by atoms with Crippen LogP contribution in [-0.4, -0.2) is 40.8 Å². The van der Waals surface area contributed by atoms with Crippen LogP contribution in [0, 0.1) is 0 Å². The molecule has 1 unspecified atom stereocenters. The van der Waals surface area contributed by atoms with Crippen molar-refractivity contribution in [1.29, 1.82) is 0 Å². The molecule has 0 aliphatic heterocycles. The van der Waals surface area contributed by atoms with Crippen LogP contribution in [0.5, 0.6) is 11.5 Å². The van der Waals surface area contributed by atoms with Gasteiger partial charge >= 0.3 is 0 Å². The van der Waals surface area contributed by atoms with Gasteiger partial charge in [0.15, 0.2) is 0 Å². The Labute approximate surface area is 166 Å². The van der Waals surface area contributed by atoms with Crippen molar-refractivity contribution in [2.24, 2.45) is 0 Å². The van der Waals surface area contributed by atoms with Gasteiger partial charge in [0.2, 0.25) is 15.9 Å². The zero-order valence-electron chi connectivity index (χ0n) is 16.5. The fourth-order valence-electron chi connectivity index (χ4n) is 2.72. The van der Waals surface area contributed by atoms with Crippen LogP contribution in [0.25, 0.3) is 0 Å². The van der Waals surface area contributed by atoms with Gasteiger partial charge in [0, 0.05) is 0 Å². The van der Waals surface area contributed by atoms with Crippen LogP contribution in [0.3, 0.4) is 0 Å². The fraction of sp³-hybridized carbons (Fsp3) is 0.350. The minimum absolute atomic E-state index is 0.290. The van der Waals surface area contributed by atoms with E-state index in [0.717, 1.165) is 21.9 Å². The van der Waals surface area contributed by atoms with Crippen molar-refractivity contribution in [2.45, 2.75) is 19.9 Å². The number of rotatable bonds is 9. The van der Waals surface area contributed by atoms with Crippen molar-refractivity contribution >= 4 is 21.6 Å². The largest absolute Gasteiger partial charge is 0.497 e. The third-order valence-corrected chi connectivity index (χ3v) is 5.24. The van der Waals surface area contributed by atoms with Crippen LogP contribution in [0.2, 0.25) is 0 Å². The Morgan fingerprint density at radius 1 is 1.14 bits per heavy atom. The molecular formula is C20H26N2O5S. The smallest absolute Gasteiger partial charge is 0.241 e. The molecule has 2 aromatic carbocycles. The first-order valence-electron chi connectivity index (χ1n) is 8.89. The van der Waals surface area contributed by atoms with E-state index in [9.17, 15) is 13.2 Å². The van der Waals surface area contributed by atoms with E-state index in [1.807, 2.05) is 26.0 Å². The van der Waals surface area contributed by atoms with Gasteiger partial charge < -0.3 is 14.8 Å². The highest BCUT2D eigenvalue weighted by atomic mass is 32.2. The summed E-state index contributed by atoms with van der Waals surface area (Å²) in [7, 11) is -2.10. The molecule has 0 spiro atoms. The average Bonchev–Trinajstić information content (AvgIpc) is 2.66. The summed E-state index contributed by atoms with van der Waals surface area (Å²) in [6, 6.07) is 13.8. The number of sulfonamides is 1. The molecule has 8 heteroatoms. The molecule has 0 saturated carbocycles. The molecule has 0 bridgehead atoms. The molecule has 1 atom stereocenters. The van der Waals surface area contributed by atoms with Crippen molar-refractivity contribution in [2.75, 3.05) is 30.8 Å². The molecule has 1 N–H and O–H groups in total. The van der Waals surface area contributed by atoms with Gasteiger partial charge in [0.05, 0.1) is 31.7 Å². The molecule has 28 heavy (non-hydrogen) atoms. The minimum Gasteiger partial charge on any atom is -0.497 e. The summed E-state index contributed by atoms with van der Waals surface area (Å²) >= 11 is 0. The number of amides is 1. The number of carbonyl (C=O) groups excluding carboxylic acids is 1. The molecule has 0 radical (unpaired) electrons. The maximum absolute atomic E-state index is 12.6. The van der Waals surface area contributed by atoms with Gasteiger partial charge in [-0.2, -0.15) is 0 Å². The SMILES string of the molecule is CCOc1ccccc1N(CC(=O)NC(C)c1ccc(OC)cc1)S(C)(=O)=O. The molecule has 7 nitrogen and oxygen atoms in total.